The van der Waals surface area contributed by atoms with Gasteiger partial charge in [0.2, 0.25) is 0 Å². The number of hydrogen-bond acceptors (Lipinski definition) is 3. The lowest BCUT2D eigenvalue weighted by Gasteiger charge is -1.97. The van der Waals surface area contributed by atoms with Gasteiger partial charge in [-0.25, -0.2) is 0 Å². The van der Waals surface area contributed by atoms with Gasteiger partial charge in [0.25, 0.3) is 0 Å². The van der Waals surface area contributed by atoms with E-state index in [1.807, 2.05) is 30.3 Å². The van der Waals surface area contributed by atoms with Crippen molar-refractivity contribution in [1.29, 1.82) is 0 Å². The maximum absolute atomic E-state index is 10.9. The molecular formula is C9H10OS2. The van der Waals surface area contributed by atoms with Crippen LogP contribution in [0, 0.1) is 0 Å². The Bertz CT molecular complexity index is 246. The van der Waals surface area contributed by atoms with E-state index >= 15 is 0 Å². The summed E-state index contributed by atoms with van der Waals surface area (Å²) in [5.74, 6) is 1.03. The summed E-state index contributed by atoms with van der Waals surface area (Å²) in [7, 11) is 0. The number of thioether (sulfide) groups is 1. The van der Waals surface area contributed by atoms with Crippen LogP contribution < -0.4 is 0 Å². The van der Waals surface area contributed by atoms with Crippen molar-refractivity contribution in [2.45, 2.75) is 4.90 Å². The molecule has 0 N–H and O–H groups in total. The molecule has 0 spiro atoms. The van der Waals surface area contributed by atoms with Crippen molar-refractivity contribution in [3.63, 3.8) is 0 Å². The highest BCUT2D eigenvalue weighted by molar-refractivity contribution is 8.00. The third kappa shape index (κ3) is 3.32. The summed E-state index contributed by atoms with van der Waals surface area (Å²) in [5.41, 5.74) is 0. The largest absolute Gasteiger partial charge is 0.298 e. The molecule has 1 aromatic carbocycles. The molecule has 64 valence electrons. The fourth-order valence-corrected chi connectivity index (χ4v) is 1.77. The van der Waals surface area contributed by atoms with Gasteiger partial charge in [-0.2, -0.15) is 12.6 Å². The second-order valence-electron chi connectivity index (χ2n) is 2.30. The number of rotatable bonds is 4. The van der Waals surface area contributed by atoms with Gasteiger partial charge >= 0.3 is 0 Å². The molecule has 1 nitrogen and oxygen atoms in total. The monoisotopic (exact) mass is 198 g/mol. The maximum atomic E-state index is 10.9. The van der Waals surface area contributed by atoms with Crippen LogP contribution in [0.2, 0.25) is 0 Å². The number of carbonyl (C=O) groups excluding carboxylic acids is 1. The summed E-state index contributed by atoms with van der Waals surface area (Å²) < 4.78 is 0. The summed E-state index contributed by atoms with van der Waals surface area (Å²) >= 11 is 5.45. The normalized spacial score (nSPS) is 9.75. The van der Waals surface area contributed by atoms with Crippen molar-refractivity contribution in [2.75, 3.05) is 11.5 Å². The number of benzene rings is 1. The van der Waals surface area contributed by atoms with Gasteiger partial charge < -0.3 is 0 Å². The highest BCUT2D eigenvalue weighted by Crippen LogP contribution is 2.16. The molecule has 0 amide bonds. The Morgan fingerprint density at radius 2 is 2.00 bits per heavy atom. The van der Waals surface area contributed by atoms with Crippen LogP contribution >= 0.6 is 24.4 Å². The second-order valence-corrected chi connectivity index (χ2v) is 3.66. The summed E-state index contributed by atoms with van der Waals surface area (Å²) in [6, 6.07) is 9.89. The molecule has 0 saturated carbocycles. The first-order chi connectivity index (χ1) is 5.83. The molecule has 0 heterocycles. The van der Waals surface area contributed by atoms with E-state index in [1.165, 1.54) is 0 Å². The molecule has 12 heavy (non-hydrogen) atoms. The minimum atomic E-state index is 0.173. The van der Waals surface area contributed by atoms with Crippen molar-refractivity contribution < 1.29 is 4.79 Å². The van der Waals surface area contributed by atoms with Gasteiger partial charge in [0.05, 0.1) is 11.5 Å². The molecule has 1 rings (SSSR count). The molecule has 0 saturated heterocycles. The number of Topliss-reactive ketones (excluding diaryl/α,β-unsaturated/α-hetero) is 1. The summed E-state index contributed by atoms with van der Waals surface area (Å²) in [4.78, 5) is 12.0. The highest BCUT2D eigenvalue weighted by atomic mass is 32.2. The number of thiol groups is 1. The fraction of sp³-hybridized carbons (Fsp3) is 0.222. The van der Waals surface area contributed by atoms with Gasteiger partial charge in [0.1, 0.15) is 0 Å². The highest BCUT2D eigenvalue weighted by Gasteiger charge is 1.98. The van der Waals surface area contributed by atoms with Gasteiger partial charge in [-0.15, -0.1) is 11.8 Å². The average molecular weight is 198 g/mol. The SMILES string of the molecule is O=C(CS)CSc1ccccc1. The van der Waals surface area contributed by atoms with Crippen LogP contribution in [0.4, 0.5) is 0 Å². The molecule has 0 aromatic heterocycles. The Kier molecular flexibility index (Phi) is 4.25. The average Bonchev–Trinajstić information content (AvgIpc) is 2.16. The Morgan fingerprint density at radius 1 is 1.33 bits per heavy atom. The molecule has 0 aliphatic heterocycles. The molecule has 0 fully saturated rings. The molecule has 1 aromatic rings. The summed E-state index contributed by atoms with van der Waals surface area (Å²) in [6.07, 6.45) is 0. The first kappa shape index (κ1) is 9.68. The fourth-order valence-electron chi connectivity index (χ4n) is 0.726. The first-order valence-corrected chi connectivity index (χ1v) is 5.25. The first-order valence-electron chi connectivity index (χ1n) is 3.63. The lowest BCUT2D eigenvalue weighted by molar-refractivity contribution is -0.114. The zero-order valence-electron chi connectivity index (χ0n) is 6.56. The van der Waals surface area contributed by atoms with E-state index in [0.717, 1.165) is 4.90 Å². The molecule has 3 heteroatoms. The van der Waals surface area contributed by atoms with Crippen LogP contribution in [0.5, 0.6) is 0 Å². The second kappa shape index (κ2) is 5.27. The third-order valence-electron chi connectivity index (χ3n) is 1.32. The van der Waals surface area contributed by atoms with Crippen LogP contribution in [0.15, 0.2) is 35.2 Å². The molecule has 0 aliphatic rings. The van der Waals surface area contributed by atoms with Crippen molar-refractivity contribution in [3.8, 4) is 0 Å². The van der Waals surface area contributed by atoms with Crippen LogP contribution in [-0.2, 0) is 4.79 Å². The quantitative estimate of drug-likeness (QED) is 0.590. The van der Waals surface area contributed by atoms with Crippen molar-refractivity contribution in [1.82, 2.24) is 0 Å². The lowest BCUT2D eigenvalue weighted by atomic mass is 10.4. The maximum Gasteiger partial charge on any atom is 0.152 e. The Labute approximate surface area is 82.0 Å². The number of hydrogen-bond donors (Lipinski definition) is 1. The van der Waals surface area contributed by atoms with Gasteiger partial charge in [0.15, 0.2) is 5.78 Å². The molecule has 0 aliphatic carbocycles. The summed E-state index contributed by atoms with van der Waals surface area (Å²) in [5, 5.41) is 0. The van der Waals surface area contributed by atoms with Crippen LogP contribution in [-0.4, -0.2) is 17.3 Å². The van der Waals surface area contributed by atoms with Crippen LogP contribution in [0.1, 0.15) is 0 Å². The van der Waals surface area contributed by atoms with Crippen LogP contribution in [0.3, 0.4) is 0 Å². The minimum Gasteiger partial charge on any atom is -0.298 e. The number of carbonyl (C=O) groups is 1. The van der Waals surface area contributed by atoms with E-state index in [-0.39, 0.29) is 5.78 Å². The Morgan fingerprint density at radius 3 is 2.58 bits per heavy atom. The van der Waals surface area contributed by atoms with Crippen molar-refractivity contribution in [3.05, 3.63) is 30.3 Å². The molecule has 0 atom stereocenters. The van der Waals surface area contributed by atoms with Crippen molar-refractivity contribution >= 4 is 30.2 Å². The molecule has 0 radical (unpaired) electrons. The predicted octanol–water partition coefficient (Wildman–Crippen LogP) is 2.28. The van der Waals surface area contributed by atoms with Gasteiger partial charge in [-0.3, -0.25) is 4.79 Å². The topological polar surface area (TPSA) is 17.1 Å². The molecule has 0 unspecified atom stereocenters. The zero-order chi connectivity index (χ0) is 8.81. The zero-order valence-corrected chi connectivity index (χ0v) is 8.28. The van der Waals surface area contributed by atoms with E-state index in [9.17, 15) is 4.79 Å². The van der Waals surface area contributed by atoms with Crippen LogP contribution in [0.25, 0.3) is 0 Å². The van der Waals surface area contributed by atoms with Crippen molar-refractivity contribution in [2.24, 2.45) is 0 Å². The van der Waals surface area contributed by atoms with E-state index in [4.69, 9.17) is 0 Å². The van der Waals surface area contributed by atoms with E-state index < -0.39 is 0 Å². The Hall–Kier alpha value is -0.410. The molecule has 0 bridgehead atoms. The van der Waals surface area contributed by atoms with Gasteiger partial charge in [0, 0.05) is 4.90 Å². The lowest BCUT2D eigenvalue weighted by Crippen LogP contribution is -2.01. The predicted molar refractivity (Wildman–Crippen MR) is 56.0 cm³/mol. The molecular weight excluding hydrogens is 188 g/mol. The third-order valence-corrected chi connectivity index (χ3v) is 2.74. The van der Waals surface area contributed by atoms with E-state index in [0.29, 0.717) is 11.5 Å². The van der Waals surface area contributed by atoms with Gasteiger partial charge in [-0.1, -0.05) is 18.2 Å². The Balaban J connectivity index is 2.38. The minimum absolute atomic E-state index is 0.173. The van der Waals surface area contributed by atoms with E-state index in [1.54, 1.807) is 11.8 Å². The standard InChI is InChI=1S/C9H10OS2/c10-8(6-11)7-12-9-4-2-1-3-5-9/h1-5,11H,6-7H2. The van der Waals surface area contributed by atoms with Gasteiger partial charge in [-0.05, 0) is 12.1 Å². The smallest absolute Gasteiger partial charge is 0.152 e. The summed E-state index contributed by atoms with van der Waals surface area (Å²) in [6.45, 7) is 0. The van der Waals surface area contributed by atoms with E-state index in [2.05, 4.69) is 12.6 Å². The number of ketones is 1.